The SMILES string of the molecule is CC(C)=CCC/C(C)=C/CC/C(C)=C/CSCCC(=O)O. The van der Waals surface area contributed by atoms with Crippen molar-refractivity contribution in [2.75, 3.05) is 11.5 Å². The van der Waals surface area contributed by atoms with Crippen LogP contribution in [0.1, 0.15) is 59.8 Å². The maximum Gasteiger partial charge on any atom is 0.304 e. The van der Waals surface area contributed by atoms with Crippen molar-refractivity contribution in [1.29, 1.82) is 0 Å². The molecule has 0 radical (unpaired) electrons. The zero-order valence-electron chi connectivity index (χ0n) is 13.9. The highest BCUT2D eigenvalue weighted by molar-refractivity contribution is 7.99. The fraction of sp³-hybridized carbons (Fsp3) is 0.611. The molecule has 0 spiro atoms. The van der Waals surface area contributed by atoms with Gasteiger partial charge in [-0.05, 0) is 53.4 Å². The van der Waals surface area contributed by atoms with Gasteiger partial charge in [0, 0.05) is 11.5 Å². The highest BCUT2D eigenvalue weighted by Crippen LogP contribution is 2.12. The predicted octanol–water partition coefficient (Wildman–Crippen LogP) is 5.61. The van der Waals surface area contributed by atoms with E-state index in [2.05, 4.69) is 45.9 Å². The molecule has 0 aliphatic heterocycles. The van der Waals surface area contributed by atoms with Gasteiger partial charge in [-0.2, -0.15) is 11.8 Å². The predicted molar refractivity (Wildman–Crippen MR) is 95.0 cm³/mol. The molecular weight excluding hydrogens is 280 g/mol. The second kappa shape index (κ2) is 12.8. The number of thioether (sulfide) groups is 1. The lowest BCUT2D eigenvalue weighted by Gasteiger charge is -2.02. The Labute approximate surface area is 134 Å². The Bertz CT molecular complexity index is 388. The number of allylic oxidation sites excluding steroid dienone is 5. The molecule has 0 aliphatic rings. The van der Waals surface area contributed by atoms with Crippen LogP contribution in [-0.2, 0) is 4.79 Å². The van der Waals surface area contributed by atoms with Gasteiger partial charge < -0.3 is 5.11 Å². The summed E-state index contributed by atoms with van der Waals surface area (Å²) in [7, 11) is 0. The molecule has 0 unspecified atom stereocenters. The third-order valence-electron chi connectivity index (χ3n) is 3.13. The lowest BCUT2D eigenvalue weighted by atomic mass is 10.1. The largest absolute Gasteiger partial charge is 0.481 e. The topological polar surface area (TPSA) is 37.3 Å². The first-order valence-electron chi connectivity index (χ1n) is 7.66. The Balaban J connectivity index is 3.78. The van der Waals surface area contributed by atoms with Gasteiger partial charge >= 0.3 is 5.97 Å². The minimum absolute atomic E-state index is 0.255. The number of aliphatic carboxylic acids is 1. The maximum atomic E-state index is 10.4. The number of hydrogen-bond donors (Lipinski definition) is 1. The number of carbonyl (C=O) groups is 1. The van der Waals surface area contributed by atoms with Crippen molar-refractivity contribution in [3.63, 3.8) is 0 Å². The zero-order valence-corrected chi connectivity index (χ0v) is 14.8. The van der Waals surface area contributed by atoms with Crippen LogP contribution in [0.4, 0.5) is 0 Å². The van der Waals surface area contributed by atoms with Crippen molar-refractivity contribution in [3.8, 4) is 0 Å². The maximum absolute atomic E-state index is 10.4. The molecule has 0 amide bonds. The molecule has 0 heterocycles. The molecule has 0 aromatic heterocycles. The van der Waals surface area contributed by atoms with Gasteiger partial charge in [0.1, 0.15) is 0 Å². The molecule has 1 N–H and O–H groups in total. The smallest absolute Gasteiger partial charge is 0.304 e. The van der Waals surface area contributed by atoms with E-state index in [-0.39, 0.29) is 6.42 Å². The summed E-state index contributed by atoms with van der Waals surface area (Å²) in [5.74, 6) is 0.905. The summed E-state index contributed by atoms with van der Waals surface area (Å²) in [6, 6.07) is 0. The standard InChI is InChI=1S/C18H30O2S/c1-15(2)7-5-8-16(3)9-6-10-17(4)11-13-21-14-12-18(19)20/h7,9,11H,5-6,8,10,12-14H2,1-4H3,(H,19,20)/b16-9+,17-11+. The van der Waals surface area contributed by atoms with Crippen LogP contribution in [0.25, 0.3) is 0 Å². The minimum Gasteiger partial charge on any atom is -0.481 e. The molecule has 0 aliphatic carbocycles. The van der Waals surface area contributed by atoms with E-state index in [0.717, 1.165) is 31.4 Å². The lowest BCUT2D eigenvalue weighted by molar-refractivity contribution is -0.136. The zero-order chi connectivity index (χ0) is 16.1. The second-order valence-electron chi connectivity index (χ2n) is 5.68. The Kier molecular flexibility index (Phi) is 12.2. The van der Waals surface area contributed by atoms with E-state index in [4.69, 9.17) is 5.11 Å². The monoisotopic (exact) mass is 310 g/mol. The van der Waals surface area contributed by atoms with Gasteiger partial charge in [-0.15, -0.1) is 0 Å². The minimum atomic E-state index is -0.711. The van der Waals surface area contributed by atoms with Crippen LogP contribution in [-0.4, -0.2) is 22.6 Å². The molecule has 120 valence electrons. The summed E-state index contributed by atoms with van der Waals surface area (Å²) in [6.07, 6.45) is 11.6. The third-order valence-corrected chi connectivity index (χ3v) is 4.03. The Morgan fingerprint density at radius 2 is 1.48 bits per heavy atom. The molecule has 3 heteroatoms. The number of hydrogen-bond acceptors (Lipinski definition) is 2. The summed E-state index contributed by atoms with van der Waals surface area (Å²) in [6.45, 7) is 8.65. The van der Waals surface area contributed by atoms with E-state index in [9.17, 15) is 4.79 Å². The van der Waals surface area contributed by atoms with Gasteiger partial charge in [-0.25, -0.2) is 0 Å². The summed E-state index contributed by atoms with van der Waals surface area (Å²) in [5, 5.41) is 8.54. The van der Waals surface area contributed by atoms with E-state index in [1.165, 1.54) is 16.7 Å². The summed E-state index contributed by atoms with van der Waals surface area (Å²) >= 11 is 1.68. The highest BCUT2D eigenvalue weighted by Gasteiger charge is 1.96. The van der Waals surface area contributed by atoms with Gasteiger partial charge in [-0.3, -0.25) is 4.79 Å². The number of carboxylic acid groups (broad SMARTS) is 1. The molecule has 0 saturated heterocycles. The van der Waals surface area contributed by atoms with Gasteiger partial charge in [0.2, 0.25) is 0 Å². The van der Waals surface area contributed by atoms with Crippen molar-refractivity contribution in [3.05, 3.63) is 34.9 Å². The highest BCUT2D eigenvalue weighted by atomic mass is 32.2. The quantitative estimate of drug-likeness (QED) is 0.398. The average Bonchev–Trinajstić information content (AvgIpc) is 2.37. The van der Waals surface area contributed by atoms with Crippen molar-refractivity contribution >= 4 is 17.7 Å². The Morgan fingerprint density at radius 1 is 0.905 bits per heavy atom. The Hall–Kier alpha value is -0.960. The van der Waals surface area contributed by atoms with Gasteiger partial charge in [0.05, 0.1) is 6.42 Å². The molecule has 0 rings (SSSR count). The van der Waals surface area contributed by atoms with Gasteiger partial charge in [0.25, 0.3) is 0 Å². The number of carboxylic acids is 1. The molecule has 0 atom stereocenters. The molecule has 21 heavy (non-hydrogen) atoms. The van der Waals surface area contributed by atoms with Gasteiger partial charge in [-0.1, -0.05) is 34.9 Å². The van der Waals surface area contributed by atoms with E-state index in [1.54, 1.807) is 11.8 Å². The fourth-order valence-corrected chi connectivity index (χ4v) is 2.67. The van der Waals surface area contributed by atoms with Crippen molar-refractivity contribution in [2.45, 2.75) is 59.8 Å². The molecule has 0 aromatic carbocycles. The third kappa shape index (κ3) is 15.3. The van der Waals surface area contributed by atoms with Crippen molar-refractivity contribution in [1.82, 2.24) is 0 Å². The van der Waals surface area contributed by atoms with Gasteiger partial charge in [0.15, 0.2) is 0 Å². The summed E-state index contributed by atoms with van der Waals surface area (Å²) in [5.41, 5.74) is 4.25. The van der Waals surface area contributed by atoms with Crippen LogP contribution in [0, 0.1) is 0 Å². The molecule has 2 nitrogen and oxygen atoms in total. The van der Waals surface area contributed by atoms with Crippen molar-refractivity contribution < 1.29 is 9.90 Å². The van der Waals surface area contributed by atoms with E-state index in [0.29, 0.717) is 5.75 Å². The second-order valence-corrected chi connectivity index (χ2v) is 6.83. The van der Waals surface area contributed by atoms with E-state index in [1.807, 2.05) is 0 Å². The van der Waals surface area contributed by atoms with Crippen LogP contribution in [0.5, 0.6) is 0 Å². The first kappa shape index (κ1) is 20.0. The normalized spacial score (nSPS) is 12.4. The number of rotatable bonds is 11. The van der Waals surface area contributed by atoms with Crippen LogP contribution in [0.15, 0.2) is 34.9 Å². The average molecular weight is 311 g/mol. The summed E-state index contributed by atoms with van der Waals surface area (Å²) < 4.78 is 0. The molecule has 0 saturated carbocycles. The van der Waals surface area contributed by atoms with Crippen LogP contribution in [0.2, 0.25) is 0 Å². The molecular formula is C18H30O2S. The van der Waals surface area contributed by atoms with Crippen LogP contribution < -0.4 is 0 Å². The molecule has 0 fully saturated rings. The Morgan fingerprint density at radius 3 is 2.05 bits per heavy atom. The molecule has 0 aromatic rings. The van der Waals surface area contributed by atoms with Crippen LogP contribution >= 0.6 is 11.8 Å². The van der Waals surface area contributed by atoms with E-state index < -0.39 is 5.97 Å². The molecule has 0 bridgehead atoms. The first-order chi connectivity index (χ1) is 9.91. The van der Waals surface area contributed by atoms with Crippen LogP contribution in [0.3, 0.4) is 0 Å². The first-order valence-corrected chi connectivity index (χ1v) is 8.81. The van der Waals surface area contributed by atoms with Crippen molar-refractivity contribution in [2.24, 2.45) is 0 Å². The summed E-state index contributed by atoms with van der Waals surface area (Å²) in [4.78, 5) is 10.4. The lowest BCUT2D eigenvalue weighted by Crippen LogP contribution is -1.96. The van der Waals surface area contributed by atoms with E-state index >= 15 is 0 Å². The fourth-order valence-electron chi connectivity index (χ4n) is 1.78.